The molecule has 33 heavy (non-hydrogen) atoms. The van der Waals surface area contributed by atoms with Gasteiger partial charge in [0.2, 0.25) is 0 Å². The van der Waals surface area contributed by atoms with Crippen molar-refractivity contribution < 1.29 is 14.3 Å². The molecule has 0 radical (unpaired) electrons. The van der Waals surface area contributed by atoms with Crippen LogP contribution in [0.15, 0.2) is 77.3 Å². The van der Waals surface area contributed by atoms with Gasteiger partial charge in [-0.25, -0.2) is 0 Å². The summed E-state index contributed by atoms with van der Waals surface area (Å²) < 4.78 is 14.8. The van der Waals surface area contributed by atoms with Crippen LogP contribution < -0.4 is 4.74 Å². The van der Waals surface area contributed by atoms with Crippen molar-refractivity contribution in [3.63, 3.8) is 0 Å². The van der Waals surface area contributed by atoms with Gasteiger partial charge in [-0.2, -0.15) is 5.10 Å². The zero-order chi connectivity index (χ0) is 23.4. The Morgan fingerprint density at radius 2 is 1.76 bits per heavy atom. The van der Waals surface area contributed by atoms with E-state index in [1.165, 1.54) is 0 Å². The number of hydrogen-bond donors (Lipinski definition) is 0. The van der Waals surface area contributed by atoms with Gasteiger partial charge in [0.1, 0.15) is 11.4 Å². The first kappa shape index (κ1) is 23.1. The van der Waals surface area contributed by atoms with Gasteiger partial charge in [-0.05, 0) is 50.6 Å². The molecule has 0 spiro atoms. The Morgan fingerprint density at radius 3 is 2.48 bits per heavy atom. The molecular weight excluding hydrogens is 480 g/mol. The minimum Gasteiger partial charge on any atom is -0.479 e. The first-order valence-corrected chi connectivity index (χ1v) is 11.9. The lowest BCUT2D eigenvalue weighted by molar-refractivity contribution is -0.142. The lowest BCUT2D eigenvalue weighted by Crippen LogP contribution is -2.14. The highest BCUT2D eigenvalue weighted by atomic mass is 79.9. The van der Waals surface area contributed by atoms with E-state index in [4.69, 9.17) is 14.6 Å². The van der Waals surface area contributed by atoms with E-state index in [2.05, 4.69) is 41.9 Å². The topological polar surface area (TPSA) is 53.4 Å². The van der Waals surface area contributed by atoms with Gasteiger partial charge in [-0.1, -0.05) is 64.5 Å². The molecule has 0 aliphatic heterocycles. The number of nitrogens with zero attached hydrogens (tertiary/aromatic N) is 2. The number of esters is 1. The van der Waals surface area contributed by atoms with Gasteiger partial charge >= 0.3 is 5.97 Å². The number of benzene rings is 3. The SMILES string of the molecule is CCOC(=O)Cc1ccccc1OC(c1ccccc1)c1nn(C(C)C)c2ccc(Br)cc12. The highest BCUT2D eigenvalue weighted by molar-refractivity contribution is 9.10. The molecule has 1 heterocycles. The number of rotatable bonds is 8. The third-order valence-electron chi connectivity index (χ3n) is 5.39. The fourth-order valence-electron chi connectivity index (χ4n) is 3.89. The maximum Gasteiger partial charge on any atom is 0.310 e. The van der Waals surface area contributed by atoms with E-state index in [9.17, 15) is 4.79 Å². The van der Waals surface area contributed by atoms with Crippen molar-refractivity contribution in [1.29, 1.82) is 0 Å². The van der Waals surface area contributed by atoms with Crippen LogP contribution in [-0.4, -0.2) is 22.4 Å². The van der Waals surface area contributed by atoms with E-state index in [1.807, 2.05) is 65.3 Å². The molecular formula is C27H27BrN2O3. The number of carbonyl (C=O) groups is 1. The highest BCUT2D eigenvalue weighted by Crippen LogP contribution is 2.36. The Kier molecular flexibility index (Phi) is 7.14. The van der Waals surface area contributed by atoms with Crippen molar-refractivity contribution in [2.45, 2.75) is 39.3 Å². The van der Waals surface area contributed by atoms with Gasteiger partial charge in [0.05, 0.1) is 18.5 Å². The fourth-order valence-corrected chi connectivity index (χ4v) is 4.25. The molecule has 170 valence electrons. The maximum absolute atomic E-state index is 12.2. The van der Waals surface area contributed by atoms with Crippen molar-refractivity contribution in [2.75, 3.05) is 6.61 Å². The zero-order valence-corrected chi connectivity index (χ0v) is 20.6. The number of ether oxygens (including phenoxy) is 2. The van der Waals surface area contributed by atoms with Crippen LogP contribution in [0, 0.1) is 0 Å². The molecule has 0 bridgehead atoms. The van der Waals surface area contributed by atoms with Gasteiger partial charge in [0, 0.05) is 21.5 Å². The van der Waals surface area contributed by atoms with Gasteiger partial charge in [-0.15, -0.1) is 0 Å². The molecule has 4 rings (SSSR count). The molecule has 0 fully saturated rings. The van der Waals surface area contributed by atoms with Gasteiger partial charge in [0.25, 0.3) is 0 Å². The number of para-hydroxylation sites is 1. The molecule has 0 aliphatic carbocycles. The maximum atomic E-state index is 12.2. The summed E-state index contributed by atoms with van der Waals surface area (Å²) in [4.78, 5) is 12.2. The average molecular weight is 507 g/mol. The number of fused-ring (bicyclic) bond motifs is 1. The second-order valence-electron chi connectivity index (χ2n) is 8.08. The van der Waals surface area contributed by atoms with Gasteiger partial charge in [0.15, 0.2) is 6.10 Å². The Hall–Kier alpha value is -3.12. The van der Waals surface area contributed by atoms with Crippen LogP contribution >= 0.6 is 15.9 Å². The van der Waals surface area contributed by atoms with Crippen molar-refractivity contribution in [3.8, 4) is 5.75 Å². The molecule has 0 saturated carbocycles. The molecule has 3 aromatic carbocycles. The van der Waals surface area contributed by atoms with Crippen LogP contribution in [0.4, 0.5) is 0 Å². The second kappa shape index (κ2) is 10.2. The Morgan fingerprint density at radius 1 is 1.03 bits per heavy atom. The molecule has 1 aromatic heterocycles. The summed E-state index contributed by atoms with van der Waals surface area (Å²) in [5.74, 6) is 0.366. The van der Waals surface area contributed by atoms with Crippen molar-refractivity contribution in [1.82, 2.24) is 9.78 Å². The standard InChI is InChI=1S/C27H27BrN2O3/c1-4-32-25(31)16-20-12-8-9-13-24(20)33-27(19-10-6-5-7-11-19)26-22-17-21(28)14-15-23(22)30(29-26)18(2)3/h5-15,17-18,27H,4,16H2,1-3H3. The number of hydrogen-bond acceptors (Lipinski definition) is 4. The monoisotopic (exact) mass is 506 g/mol. The molecule has 0 amide bonds. The minimum absolute atomic E-state index is 0.151. The Bertz CT molecular complexity index is 1250. The van der Waals surface area contributed by atoms with Crippen LogP contribution in [0.25, 0.3) is 10.9 Å². The van der Waals surface area contributed by atoms with E-state index >= 15 is 0 Å². The summed E-state index contributed by atoms with van der Waals surface area (Å²) in [6.45, 7) is 6.39. The van der Waals surface area contributed by atoms with Gasteiger partial charge < -0.3 is 9.47 Å². The molecule has 1 atom stereocenters. The smallest absolute Gasteiger partial charge is 0.310 e. The van der Waals surface area contributed by atoms with Crippen molar-refractivity contribution >= 4 is 32.8 Å². The molecule has 0 saturated heterocycles. The third-order valence-corrected chi connectivity index (χ3v) is 5.89. The average Bonchev–Trinajstić information content (AvgIpc) is 3.18. The van der Waals surface area contributed by atoms with E-state index < -0.39 is 6.10 Å². The van der Waals surface area contributed by atoms with E-state index in [0.29, 0.717) is 12.4 Å². The summed E-state index contributed by atoms with van der Waals surface area (Å²) in [7, 11) is 0. The first-order valence-electron chi connectivity index (χ1n) is 11.1. The number of halogens is 1. The summed E-state index contributed by atoms with van der Waals surface area (Å²) >= 11 is 3.61. The van der Waals surface area contributed by atoms with Crippen LogP contribution in [0.5, 0.6) is 5.75 Å². The summed E-state index contributed by atoms with van der Waals surface area (Å²) in [5, 5.41) is 6.03. The Balaban J connectivity index is 1.83. The van der Waals surface area contributed by atoms with Crippen molar-refractivity contribution in [2.24, 2.45) is 0 Å². The van der Waals surface area contributed by atoms with Gasteiger partial charge in [-0.3, -0.25) is 9.48 Å². The molecule has 1 unspecified atom stereocenters. The van der Waals surface area contributed by atoms with E-state index in [-0.39, 0.29) is 18.4 Å². The van der Waals surface area contributed by atoms with E-state index in [1.54, 1.807) is 6.92 Å². The van der Waals surface area contributed by atoms with Crippen LogP contribution in [0.1, 0.15) is 49.7 Å². The molecule has 4 aromatic rings. The molecule has 0 N–H and O–H groups in total. The molecule has 0 aliphatic rings. The second-order valence-corrected chi connectivity index (χ2v) is 9.00. The molecule has 6 heteroatoms. The largest absolute Gasteiger partial charge is 0.479 e. The highest BCUT2D eigenvalue weighted by Gasteiger charge is 2.25. The first-order chi connectivity index (χ1) is 16.0. The van der Waals surface area contributed by atoms with Crippen LogP contribution in [0.3, 0.4) is 0 Å². The summed E-state index contributed by atoms with van der Waals surface area (Å²) in [6, 6.07) is 24.0. The minimum atomic E-state index is -0.452. The fraction of sp³-hybridized carbons (Fsp3) is 0.259. The summed E-state index contributed by atoms with van der Waals surface area (Å²) in [6.07, 6.45) is -0.301. The lowest BCUT2D eigenvalue weighted by atomic mass is 10.0. The predicted octanol–water partition coefficient (Wildman–Crippen LogP) is 6.65. The third kappa shape index (κ3) is 5.11. The van der Waals surface area contributed by atoms with Crippen LogP contribution in [0.2, 0.25) is 0 Å². The lowest BCUT2D eigenvalue weighted by Gasteiger charge is -2.20. The van der Waals surface area contributed by atoms with E-state index in [0.717, 1.165) is 32.2 Å². The quantitative estimate of drug-likeness (QED) is 0.251. The Labute approximate surface area is 202 Å². The number of carbonyl (C=O) groups excluding carboxylic acids is 1. The van der Waals surface area contributed by atoms with Crippen molar-refractivity contribution in [3.05, 3.63) is 94.1 Å². The number of aromatic nitrogens is 2. The zero-order valence-electron chi connectivity index (χ0n) is 19.0. The predicted molar refractivity (Wildman–Crippen MR) is 134 cm³/mol. The van der Waals surface area contributed by atoms with Crippen LogP contribution in [-0.2, 0) is 16.0 Å². The normalized spacial score (nSPS) is 12.2. The molecule has 5 nitrogen and oxygen atoms in total. The summed E-state index contributed by atoms with van der Waals surface area (Å²) in [5.41, 5.74) is 3.65.